The molecule has 2 N–H and O–H groups in total. The highest BCUT2D eigenvalue weighted by Crippen LogP contribution is 2.30. The van der Waals surface area contributed by atoms with Gasteiger partial charge in [-0.25, -0.2) is 13.2 Å². The van der Waals surface area contributed by atoms with Gasteiger partial charge in [0.2, 0.25) is 0 Å². The first-order chi connectivity index (χ1) is 8.54. The van der Waals surface area contributed by atoms with Crippen LogP contribution in [0.1, 0.15) is 11.1 Å². The highest BCUT2D eigenvalue weighted by molar-refractivity contribution is 5.69. The van der Waals surface area contributed by atoms with Crippen molar-refractivity contribution in [2.24, 2.45) is 5.73 Å². The van der Waals surface area contributed by atoms with Crippen LogP contribution in [-0.4, -0.2) is 0 Å². The molecule has 0 saturated carbocycles. The van der Waals surface area contributed by atoms with Crippen LogP contribution in [0.25, 0.3) is 11.1 Å². The number of rotatable bonds is 2. The smallest absolute Gasteiger partial charge is 0.136 e. The van der Waals surface area contributed by atoms with Gasteiger partial charge in [-0.15, -0.1) is 0 Å². The van der Waals surface area contributed by atoms with Gasteiger partial charge in [0.05, 0.1) is 5.56 Å². The summed E-state index contributed by atoms with van der Waals surface area (Å²) in [5.41, 5.74) is 6.32. The van der Waals surface area contributed by atoms with E-state index in [0.29, 0.717) is 11.1 Å². The lowest BCUT2D eigenvalue weighted by Crippen LogP contribution is -2.02. The van der Waals surface area contributed by atoms with Crippen LogP contribution in [0, 0.1) is 24.4 Å². The lowest BCUT2D eigenvalue weighted by Gasteiger charge is -2.11. The van der Waals surface area contributed by atoms with Crippen molar-refractivity contribution in [2.75, 3.05) is 0 Å². The minimum Gasteiger partial charge on any atom is -0.326 e. The van der Waals surface area contributed by atoms with E-state index in [4.69, 9.17) is 5.73 Å². The first-order valence-electron chi connectivity index (χ1n) is 5.48. The number of halogens is 3. The molecule has 0 heterocycles. The summed E-state index contributed by atoms with van der Waals surface area (Å²) in [6.07, 6.45) is 0. The molecule has 0 amide bonds. The van der Waals surface area contributed by atoms with Crippen LogP contribution in [0.2, 0.25) is 0 Å². The Morgan fingerprint density at radius 1 is 1.06 bits per heavy atom. The van der Waals surface area contributed by atoms with Gasteiger partial charge >= 0.3 is 0 Å². The van der Waals surface area contributed by atoms with Crippen molar-refractivity contribution in [3.8, 4) is 11.1 Å². The molecule has 0 aliphatic rings. The van der Waals surface area contributed by atoms with Gasteiger partial charge in [-0.05, 0) is 41.8 Å². The zero-order valence-corrected chi connectivity index (χ0v) is 9.81. The summed E-state index contributed by atoms with van der Waals surface area (Å²) < 4.78 is 40.8. The topological polar surface area (TPSA) is 26.0 Å². The van der Waals surface area contributed by atoms with E-state index in [1.807, 2.05) is 0 Å². The van der Waals surface area contributed by atoms with Crippen LogP contribution >= 0.6 is 0 Å². The molecule has 0 radical (unpaired) electrons. The van der Waals surface area contributed by atoms with E-state index in [1.54, 1.807) is 6.92 Å². The van der Waals surface area contributed by atoms with Crippen LogP contribution in [0.4, 0.5) is 13.2 Å². The van der Waals surface area contributed by atoms with Gasteiger partial charge in [-0.2, -0.15) is 0 Å². The molecule has 2 rings (SSSR count). The molecule has 1 nitrogen and oxygen atoms in total. The Morgan fingerprint density at radius 3 is 2.44 bits per heavy atom. The molecule has 0 aliphatic heterocycles. The Bertz CT molecular complexity index is 594. The third kappa shape index (κ3) is 2.11. The van der Waals surface area contributed by atoms with Gasteiger partial charge in [-0.3, -0.25) is 0 Å². The summed E-state index contributed by atoms with van der Waals surface area (Å²) in [6, 6.07) is 6.25. The van der Waals surface area contributed by atoms with E-state index >= 15 is 0 Å². The zero-order chi connectivity index (χ0) is 13.3. The number of nitrogens with two attached hydrogens (primary N) is 1. The third-order valence-electron chi connectivity index (χ3n) is 2.84. The van der Waals surface area contributed by atoms with E-state index in [0.717, 1.165) is 6.07 Å². The number of benzene rings is 2. The molecule has 0 fully saturated rings. The van der Waals surface area contributed by atoms with E-state index in [9.17, 15) is 13.2 Å². The van der Waals surface area contributed by atoms with Crippen molar-refractivity contribution < 1.29 is 13.2 Å². The van der Waals surface area contributed by atoms with Crippen molar-refractivity contribution in [3.63, 3.8) is 0 Å². The van der Waals surface area contributed by atoms with Gasteiger partial charge in [-0.1, -0.05) is 12.1 Å². The zero-order valence-electron chi connectivity index (χ0n) is 9.81. The fourth-order valence-electron chi connectivity index (χ4n) is 1.88. The lowest BCUT2D eigenvalue weighted by atomic mass is 9.97. The summed E-state index contributed by atoms with van der Waals surface area (Å²) in [5.74, 6) is -1.80. The molecular weight excluding hydrogens is 239 g/mol. The first-order valence-corrected chi connectivity index (χ1v) is 5.48. The van der Waals surface area contributed by atoms with E-state index in [2.05, 4.69) is 0 Å². The van der Waals surface area contributed by atoms with Crippen LogP contribution in [0.3, 0.4) is 0 Å². The Hall–Kier alpha value is -1.81. The molecule has 0 spiro atoms. The lowest BCUT2D eigenvalue weighted by molar-refractivity contribution is 0.583. The van der Waals surface area contributed by atoms with Crippen LogP contribution in [0.5, 0.6) is 0 Å². The van der Waals surface area contributed by atoms with Crippen LogP contribution in [-0.2, 0) is 6.54 Å². The van der Waals surface area contributed by atoms with Crippen LogP contribution < -0.4 is 5.73 Å². The maximum Gasteiger partial charge on any atom is 0.136 e. The second-order valence-electron chi connectivity index (χ2n) is 4.06. The Kier molecular flexibility index (Phi) is 3.39. The predicted molar refractivity (Wildman–Crippen MR) is 64.4 cm³/mol. The molecule has 0 saturated heterocycles. The minimum absolute atomic E-state index is 0.0138. The monoisotopic (exact) mass is 251 g/mol. The molecule has 2 aromatic rings. The van der Waals surface area contributed by atoms with E-state index in [1.165, 1.54) is 24.3 Å². The average Bonchev–Trinajstić information content (AvgIpc) is 2.36. The second kappa shape index (κ2) is 4.82. The summed E-state index contributed by atoms with van der Waals surface area (Å²) in [7, 11) is 0. The number of hydrogen-bond acceptors (Lipinski definition) is 1. The maximum absolute atomic E-state index is 14.0. The van der Waals surface area contributed by atoms with Gasteiger partial charge in [0.15, 0.2) is 0 Å². The molecule has 18 heavy (non-hydrogen) atoms. The minimum atomic E-state index is -0.681. The van der Waals surface area contributed by atoms with E-state index < -0.39 is 17.5 Å². The maximum atomic E-state index is 14.0. The molecule has 4 heteroatoms. The molecule has 94 valence electrons. The van der Waals surface area contributed by atoms with Gasteiger partial charge in [0, 0.05) is 6.54 Å². The van der Waals surface area contributed by atoms with E-state index in [-0.39, 0.29) is 17.7 Å². The predicted octanol–water partition coefficient (Wildman–Crippen LogP) is 3.54. The summed E-state index contributed by atoms with van der Waals surface area (Å²) in [6.45, 7) is 1.56. The van der Waals surface area contributed by atoms with Gasteiger partial charge < -0.3 is 5.73 Å². The Balaban J connectivity index is 2.73. The average molecular weight is 251 g/mol. The van der Waals surface area contributed by atoms with Gasteiger partial charge in [0.25, 0.3) is 0 Å². The molecule has 0 bridgehead atoms. The summed E-state index contributed by atoms with van der Waals surface area (Å²) in [4.78, 5) is 0. The van der Waals surface area contributed by atoms with Crippen molar-refractivity contribution in [3.05, 3.63) is 58.9 Å². The Morgan fingerprint density at radius 2 is 1.78 bits per heavy atom. The molecule has 0 aliphatic carbocycles. The fourth-order valence-corrected chi connectivity index (χ4v) is 1.88. The van der Waals surface area contributed by atoms with Gasteiger partial charge in [0.1, 0.15) is 17.5 Å². The highest BCUT2D eigenvalue weighted by atomic mass is 19.1. The first kappa shape index (κ1) is 12.6. The van der Waals surface area contributed by atoms with Crippen molar-refractivity contribution in [1.29, 1.82) is 0 Å². The van der Waals surface area contributed by atoms with Crippen molar-refractivity contribution in [2.45, 2.75) is 13.5 Å². The summed E-state index contributed by atoms with van der Waals surface area (Å²) in [5, 5.41) is 0. The number of aryl methyl sites for hydroxylation is 1. The normalized spacial score (nSPS) is 10.7. The quantitative estimate of drug-likeness (QED) is 0.868. The third-order valence-corrected chi connectivity index (χ3v) is 2.84. The molecule has 2 aromatic carbocycles. The molecule has 0 atom stereocenters. The standard InChI is InChI=1S/C14H12F3N/c1-8-2-5-12(16)13(14(8)17)11-4-3-10(15)6-9(11)7-18/h2-6H,7,18H2,1H3. The SMILES string of the molecule is Cc1ccc(F)c(-c2ccc(F)cc2CN)c1F. The van der Waals surface area contributed by atoms with Crippen molar-refractivity contribution in [1.82, 2.24) is 0 Å². The fraction of sp³-hybridized carbons (Fsp3) is 0.143. The van der Waals surface area contributed by atoms with Crippen molar-refractivity contribution >= 4 is 0 Å². The highest BCUT2D eigenvalue weighted by Gasteiger charge is 2.16. The molecule has 0 unspecified atom stereocenters. The molecule has 0 aromatic heterocycles. The largest absolute Gasteiger partial charge is 0.326 e. The Labute approximate surface area is 103 Å². The second-order valence-corrected chi connectivity index (χ2v) is 4.06. The number of hydrogen-bond donors (Lipinski definition) is 1. The molecular formula is C14H12F3N. The summed E-state index contributed by atoms with van der Waals surface area (Å²) >= 11 is 0. The van der Waals surface area contributed by atoms with Crippen LogP contribution in [0.15, 0.2) is 30.3 Å².